The molecule has 0 unspecified atom stereocenters. The summed E-state index contributed by atoms with van der Waals surface area (Å²) in [6.07, 6.45) is -0.258. The summed E-state index contributed by atoms with van der Waals surface area (Å²) in [4.78, 5) is 23.7. The van der Waals surface area contributed by atoms with Gasteiger partial charge >= 0.3 is 0 Å². The highest BCUT2D eigenvalue weighted by molar-refractivity contribution is 7.18. The first-order valence-corrected chi connectivity index (χ1v) is 11.4. The minimum Gasteiger partial charge on any atom is -0.299 e. The number of ketones is 1. The van der Waals surface area contributed by atoms with E-state index in [2.05, 4.69) is 4.98 Å². The summed E-state index contributed by atoms with van der Waals surface area (Å²) in [7, 11) is 0. The Labute approximate surface area is 178 Å². The molecule has 29 heavy (non-hydrogen) atoms. The van der Waals surface area contributed by atoms with E-state index in [0.29, 0.717) is 5.01 Å². The van der Waals surface area contributed by atoms with E-state index in [1.807, 2.05) is 30.7 Å². The molecule has 4 rings (SSSR count). The van der Waals surface area contributed by atoms with Gasteiger partial charge in [-0.05, 0) is 42.8 Å². The SMILES string of the molecule is Cc1nc(C)c(-c2nc(CC(=O)Cc3c(F)cccc3F)sc2-c2ccsc2)s1. The van der Waals surface area contributed by atoms with Crippen LogP contribution < -0.4 is 0 Å². The molecule has 0 N–H and O–H groups in total. The number of hydrogen-bond donors (Lipinski definition) is 0. The molecule has 0 fully saturated rings. The highest BCUT2D eigenvalue weighted by Crippen LogP contribution is 2.41. The molecule has 0 aliphatic carbocycles. The van der Waals surface area contributed by atoms with Gasteiger partial charge in [-0.1, -0.05) is 6.07 Å². The van der Waals surface area contributed by atoms with Gasteiger partial charge in [-0.25, -0.2) is 18.7 Å². The number of nitrogens with zero attached hydrogens (tertiary/aromatic N) is 2. The molecule has 0 saturated carbocycles. The van der Waals surface area contributed by atoms with E-state index in [1.54, 1.807) is 22.7 Å². The number of thiophene rings is 1. The Morgan fingerprint density at radius 3 is 2.38 bits per heavy atom. The van der Waals surface area contributed by atoms with Crippen molar-refractivity contribution in [2.45, 2.75) is 26.7 Å². The van der Waals surface area contributed by atoms with Gasteiger partial charge in [-0.3, -0.25) is 4.79 Å². The molecule has 0 atom stereocenters. The third kappa shape index (κ3) is 4.19. The standard InChI is InChI=1S/C21H16F2N2OS3/c1-11-20(28-12(2)24-11)19-21(13-6-7-27-10-13)29-18(25-19)9-14(26)8-15-16(22)4-3-5-17(15)23/h3-7,10H,8-9H2,1-2H3. The fraction of sp³-hybridized carbons (Fsp3) is 0.190. The highest BCUT2D eigenvalue weighted by Gasteiger charge is 2.21. The van der Waals surface area contributed by atoms with Crippen molar-refractivity contribution in [1.29, 1.82) is 0 Å². The van der Waals surface area contributed by atoms with E-state index in [-0.39, 0.29) is 24.2 Å². The maximum Gasteiger partial charge on any atom is 0.144 e. The van der Waals surface area contributed by atoms with Crippen LogP contribution in [-0.2, 0) is 17.6 Å². The predicted molar refractivity (Wildman–Crippen MR) is 115 cm³/mol. The summed E-state index contributed by atoms with van der Waals surface area (Å²) >= 11 is 4.61. The average molecular weight is 447 g/mol. The van der Waals surface area contributed by atoms with E-state index in [4.69, 9.17) is 4.98 Å². The Balaban J connectivity index is 1.66. The minimum absolute atomic E-state index is 0.0341. The molecule has 3 aromatic heterocycles. The summed E-state index contributed by atoms with van der Waals surface area (Å²) in [5, 5.41) is 5.62. The Morgan fingerprint density at radius 1 is 1.00 bits per heavy atom. The molecule has 0 amide bonds. The van der Waals surface area contributed by atoms with Crippen molar-refractivity contribution in [2.75, 3.05) is 0 Å². The van der Waals surface area contributed by atoms with Gasteiger partial charge in [0.05, 0.1) is 26.9 Å². The van der Waals surface area contributed by atoms with Crippen molar-refractivity contribution in [3.63, 3.8) is 0 Å². The smallest absolute Gasteiger partial charge is 0.144 e. The number of carbonyl (C=O) groups excluding carboxylic acids is 1. The van der Waals surface area contributed by atoms with E-state index in [0.717, 1.165) is 43.8 Å². The van der Waals surface area contributed by atoms with Gasteiger partial charge in [-0.2, -0.15) is 11.3 Å². The van der Waals surface area contributed by atoms with Crippen molar-refractivity contribution in [3.05, 3.63) is 67.9 Å². The second-order valence-electron chi connectivity index (χ2n) is 6.54. The molecule has 0 spiro atoms. The first kappa shape index (κ1) is 20.0. The number of rotatable bonds is 6. The maximum absolute atomic E-state index is 13.9. The van der Waals surface area contributed by atoms with E-state index >= 15 is 0 Å². The molecule has 0 aliphatic rings. The molecule has 0 saturated heterocycles. The van der Waals surface area contributed by atoms with Crippen molar-refractivity contribution in [3.8, 4) is 21.0 Å². The number of halogens is 2. The van der Waals surface area contributed by atoms with Gasteiger partial charge in [0, 0.05) is 17.5 Å². The molecule has 148 valence electrons. The van der Waals surface area contributed by atoms with Gasteiger partial charge in [0.2, 0.25) is 0 Å². The van der Waals surface area contributed by atoms with Crippen LogP contribution in [0.1, 0.15) is 21.3 Å². The Kier molecular flexibility index (Phi) is 5.67. The summed E-state index contributed by atoms with van der Waals surface area (Å²) in [6, 6.07) is 5.64. The van der Waals surface area contributed by atoms with Crippen LogP contribution in [0, 0.1) is 25.5 Å². The summed E-state index contributed by atoms with van der Waals surface area (Å²) < 4.78 is 27.7. The largest absolute Gasteiger partial charge is 0.299 e. The van der Waals surface area contributed by atoms with Crippen LogP contribution in [0.15, 0.2) is 35.0 Å². The fourth-order valence-electron chi connectivity index (χ4n) is 3.06. The maximum atomic E-state index is 13.9. The number of benzene rings is 1. The van der Waals surface area contributed by atoms with Crippen LogP contribution in [0.5, 0.6) is 0 Å². The summed E-state index contributed by atoms with van der Waals surface area (Å²) in [6.45, 7) is 3.90. The third-order valence-electron chi connectivity index (χ3n) is 4.36. The molecule has 0 radical (unpaired) electrons. The zero-order valence-electron chi connectivity index (χ0n) is 15.7. The number of aryl methyl sites for hydroxylation is 2. The van der Waals surface area contributed by atoms with Gasteiger partial charge in [0.1, 0.15) is 28.1 Å². The molecule has 4 aromatic rings. The van der Waals surface area contributed by atoms with Crippen LogP contribution in [-0.4, -0.2) is 15.8 Å². The van der Waals surface area contributed by atoms with Crippen molar-refractivity contribution in [2.24, 2.45) is 0 Å². The van der Waals surface area contributed by atoms with Crippen LogP contribution in [0.3, 0.4) is 0 Å². The van der Waals surface area contributed by atoms with Crippen LogP contribution in [0.25, 0.3) is 21.0 Å². The molecular weight excluding hydrogens is 430 g/mol. The van der Waals surface area contributed by atoms with Crippen LogP contribution >= 0.6 is 34.0 Å². The third-order valence-corrected chi connectivity index (χ3v) is 7.22. The molecule has 3 nitrogen and oxygen atoms in total. The molecule has 1 aromatic carbocycles. The normalized spacial score (nSPS) is 11.2. The topological polar surface area (TPSA) is 42.9 Å². The molecule has 8 heteroatoms. The summed E-state index contributed by atoms with van der Waals surface area (Å²) in [5.41, 5.74) is 2.57. The van der Waals surface area contributed by atoms with E-state index in [9.17, 15) is 13.6 Å². The van der Waals surface area contributed by atoms with Crippen molar-refractivity contribution < 1.29 is 13.6 Å². The van der Waals surface area contributed by atoms with Gasteiger partial charge in [0.15, 0.2) is 0 Å². The predicted octanol–water partition coefficient (Wildman–Crippen LogP) is 6.24. The first-order chi connectivity index (χ1) is 13.9. The molecule has 3 heterocycles. The van der Waals surface area contributed by atoms with Crippen LogP contribution in [0.4, 0.5) is 8.78 Å². The fourth-order valence-corrected chi connectivity index (χ4v) is 5.86. The number of carbonyl (C=O) groups is 1. The number of aromatic nitrogens is 2. The van der Waals surface area contributed by atoms with Gasteiger partial charge in [0.25, 0.3) is 0 Å². The lowest BCUT2D eigenvalue weighted by Gasteiger charge is -2.03. The lowest BCUT2D eigenvalue weighted by Crippen LogP contribution is -2.09. The zero-order valence-corrected chi connectivity index (χ0v) is 18.1. The Morgan fingerprint density at radius 2 is 1.76 bits per heavy atom. The van der Waals surface area contributed by atoms with E-state index < -0.39 is 11.6 Å². The molecular formula is C21H16F2N2OS3. The average Bonchev–Trinajstić information content (AvgIpc) is 3.38. The van der Waals surface area contributed by atoms with Crippen molar-refractivity contribution >= 4 is 39.8 Å². The van der Waals surface area contributed by atoms with Crippen molar-refractivity contribution in [1.82, 2.24) is 9.97 Å². The van der Waals surface area contributed by atoms with Crippen LogP contribution in [0.2, 0.25) is 0 Å². The lowest BCUT2D eigenvalue weighted by molar-refractivity contribution is -0.117. The quantitative estimate of drug-likeness (QED) is 0.352. The second kappa shape index (κ2) is 8.22. The Hall–Kier alpha value is -2.29. The number of thiazole rings is 2. The monoisotopic (exact) mass is 446 g/mol. The first-order valence-electron chi connectivity index (χ1n) is 8.83. The zero-order chi connectivity index (χ0) is 20.5. The summed E-state index contributed by atoms with van der Waals surface area (Å²) in [5.74, 6) is -1.68. The van der Waals surface area contributed by atoms with Gasteiger partial charge < -0.3 is 0 Å². The second-order valence-corrected chi connectivity index (χ2v) is 9.60. The minimum atomic E-state index is -0.701. The number of Topliss-reactive ketones (excluding diaryl/α,β-unsaturated/α-hetero) is 1. The lowest BCUT2D eigenvalue weighted by atomic mass is 10.1. The molecule has 0 aliphatic heterocycles. The highest BCUT2D eigenvalue weighted by atomic mass is 32.1. The van der Waals surface area contributed by atoms with Gasteiger partial charge in [-0.15, -0.1) is 22.7 Å². The molecule has 0 bridgehead atoms. The Bertz CT molecular complexity index is 1160. The number of hydrogen-bond acceptors (Lipinski definition) is 6. The van der Waals surface area contributed by atoms with E-state index in [1.165, 1.54) is 17.4 Å².